The van der Waals surface area contributed by atoms with Crippen LogP contribution in [0.4, 0.5) is 5.69 Å². The number of fused-ring (bicyclic) bond motifs is 1. The number of hydrogen-bond acceptors (Lipinski definition) is 3. The van der Waals surface area contributed by atoms with Crippen molar-refractivity contribution in [1.29, 1.82) is 0 Å². The summed E-state index contributed by atoms with van der Waals surface area (Å²) in [6.07, 6.45) is 0.661. The largest absolute Gasteiger partial charge is 0.492 e. The van der Waals surface area contributed by atoms with Gasteiger partial charge in [-0.15, -0.1) is 0 Å². The van der Waals surface area contributed by atoms with Gasteiger partial charge in [-0.3, -0.25) is 9.59 Å². The van der Waals surface area contributed by atoms with Gasteiger partial charge in [0.05, 0.1) is 5.92 Å². The van der Waals surface area contributed by atoms with Crippen molar-refractivity contribution in [3.8, 4) is 5.75 Å². The standard InChI is InChI=1S/C18H17NO3/c1-12(20)13-6-4-7-16(10-13)19-18(21)15-9-14-5-2-3-8-17(14)22-11-15/h2-8,10,15H,9,11H2,1H3,(H,19,21)/t15-/m1/s1. The lowest BCUT2D eigenvalue weighted by molar-refractivity contribution is -0.121. The SMILES string of the molecule is CC(=O)c1cccc(NC(=O)[C@H]2COc3ccccc3C2)c1. The minimum absolute atomic E-state index is 0.0222. The van der Waals surface area contributed by atoms with Crippen molar-refractivity contribution in [3.05, 3.63) is 59.7 Å². The number of benzene rings is 2. The number of hydrogen-bond donors (Lipinski definition) is 1. The highest BCUT2D eigenvalue weighted by atomic mass is 16.5. The number of carbonyl (C=O) groups excluding carboxylic acids is 2. The molecule has 0 unspecified atom stereocenters. The average Bonchev–Trinajstić information content (AvgIpc) is 2.54. The van der Waals surface area contributed by atoms with Crippen molar-refractivity contribution in [1.82, 2.24) is 0 Å². The van der Waals surface area contributed by atoms with Crippen LogP contribution in [-0.4, -0.2) is 18.3 Å². The van der Waals surface area contributed by atoms with Crippen LogP contribution in [0, 0.1) is 5.92 Å². The van der Waals surface area contributed by atoms with Gasteiger partial charge in [0.15, 0.2) is 5.78 Å². The van der Waals surface area contributed by atoms with Crippen LogP contribution in [0.5, 0.6) is 5.75 Å². The first-order valence-corrected chi connectivity index (χ1v) is 7.26. The topological polar surface area (TPSA) is 55.4 Å². The summed E-state index contributed by atoms with van der Waals surface area (Å²) in [6, 6.07) is 14.7. The highest BCUT2D eigenvalue weighted by molar-refractivity contribution is 5.97. The Bertz CT molecular complexity index is 724. The monoisotopic (exact) mass is 295 g/mol. The molecule has 4 heteroatoms. The molecule has 4 nitrogen and oxygen atoms in total. The lowest BCUT2D eigenvalue weighted by atomic mass is 9.96. The predicted octanol–water partition coefficient (Wildman–Crippen LogP) is 3.08. The van der Waals surface area contributed by atoms with Gasteiger partial charge < -0.3 is 10.1 Å². The lowest BCUT2D eigenvalue weighted by Gasteiger charge is -2.24. The molecule has 1 aliphatic rings. The van der Waals surface area contributed by atoms with Gasteiger partial charge in [0.25, 0.3) is 0 Å². The first-order chi connectivity index (χ1) is 10.6. The van der Waals surface area contributed by atoms with Crippen LogP contribution in [0.1, 0.15) is 22.8 Å². The van der Waals surface area contributed by atoms with E-state index in [2.05, 4.69) is 5.32 Å². The Hall–Kier alpha value is -2.62. The number of rotatable bonds is 3. The number of nitrogens with one attached hydrogen (secondary N) is 1. The summed E-state index contributed by atoms with van der Waals surface area (Å²) in [4.78, 5) is 23.8. The second-order valence-corrected chi connectivity index (χ2v) is 5.45. The average molecular weight is 295 g/mol. The molecular weight excluding hydrogens is 278 g/mol. The first kappa shape index (κ1) is 14.3. The van der Waals surface area contributed by atoms with Crippen molar-refractivity contribution in [3.63, 3.8) is 0 Å². The molecule has 1 amide bonds. The van der Waals surface area contributed by atoms with Gasteiger partial charge in [-0.1, -0.05) is 30.3 Å². The summed E-state index contributed by atoms with van der Waals surface area (Å²) < 4.78 is 5.64. The quantitative estimate of drug-likeness (QED) is 0.885. The number of Topliss-reactive ketones (excluding diaryl/α,β-unsaturated/α-hetero) is 1. The van der Waals surface area contributed by atoms with Crippen molar-refractivity contribution in [2.75, 3.05) is 11.9 Å². The van der Waals surface area contributed by atoms with Crippen LogP contribution in [0.3, 0.4) is 0 Å². The molecule has 0 saturated heterocycles. The number of amides is 1. The van der Waals surface area contributed by atoms with E-state index in [-0.39, 0.29) is 17.6 Å². The highest BCUT2D eigenvalue weighted by Gasteiger charge is 2.25. The van der Waals surface area contributed by atoms with E-state index in [1.54, 1.807) is 24.3 Å². The molecule has 112 valence electrons. The fourth-order valence-corrected chi connectivity index (χ4v) is 2.56. The molecule has 0 spiro atoms. The molecule has 1 aliphatic heterocycles. The number of carbonyl (C=O) groups is 2. The summed E-state index contributed by atoms with van der Waals surface area (Å²) in [5.41, 5.74) is 2.27. The minimum atomic E-state index is -0.226. The van der Waals surface area contributed by atoms with Crippen molar-refractivity contribution < 1.29 is 14.3 Å². The molecule has 1 heterocycles. The Morgan fingerprint density at radius 3 is 2.77 bits per heavy atom. The number of anilines is 1. The van der Waals surface area contributed by atoms with Gasteiger partial charge in [-0.2, -0.15) is 0 Å². The normalized spacial score (nSPS) is 16.3. The molecule has 0 saturated carbocycles. The molecule has 1 atom stereocenters. The number of ketones is 1. The summed E-state index contributed by atoms with van der Waals surface area (Å²) >= 11 is 0. The molecule has 3 rings (SSSR count). The van der Waals surface area contributed by atoms with Crippen molar-refractivity contribution in [2.24, 2.45) is 5.92 Å². The molecule has 22 heavy (non-hydrogen) atoms. The second-order valence-electron chi connectivity index (χ2n) is 5.45. The Kier molecular flexibility index (Phi) is 3.92. The summed E-state index contributed by atoms with van der Waals surface area (Å²) in [7, 11) is 0. The fourth-order valence-electron chi connectivity index (χ4n) is 2.56. The maximum absolute atomic E-state index is 12.4. The van der Waals surface area contributed by atoms with E-state index in [1.165, 1.54) is 6.92 Å². The number of para-hydroxylation sites is 1. The van der Waals surface area contributed by atoms with Gasteiger partial charge in [0, 0.05) is 11.3 Å². The van der Waals surface area contributed by atoms with Gasteiger partial charge >= 0.3 is 0 Å². The molecule has 2 aromatic carbocycles. The van der Waals surface area contributed by atoms with E-state index in [1.807, 2.05) is 24.3 Å². The third kappa shape index (κ3) is 3.01. The fraction of sp³-hybridized carbons (Fsp3) is 0.222. The smallest absolute Gasteiger partial charge is 0.231 e. The molecular formula is C18H17NO3. The predicted molar refractivity (Wildman–Crippen MR) is 84.2 cm³/mol. The molecule has 0 bridgehead atoms. The summed E-state index contributed by atoms with van der Waals surface area (Å²) in [5, 5.41) is 2.87. The van der Waals surface area contributed by atoms with Crippen molar-refractivity contribution in [2.45, 2.75) is 13.3 Å². The Labute approximate surface area is 129 Å². The van der Waals surface area contributed by atoms with Gasteiger partial charge in [-0.25, -0.2) is 0 Å². The van der Waals surface area contributed by atoms with E-state index < -0.39 is 0 Å². The van der Waals surface area contributed by atoms with Gasteiger partial charge in [0.1, 0.15) is 12.4 Å². The maximum Gasteiger partial charge on any atom is 0.231 e. The van der Waals surface area contributed by atoms with Crippen LogP contribution in [0.2, 0.25) is 0 Å². The zero-order valence-corrected chi connectivity index (χ0v) is 12.3. The molecule has 2 aromatic rings. The Balaban J connectivity index is 1.71. The third-order valence-corrected chi connectivity index (χ3v) is 3.79. The Morgan fingerprint density at radius 2 is 1.95 bits per heavy atom. The molecule has 0 radical (unpaired) electrons. The van der Waals surface area contributed by atoms with Gasteiger partial charge in [-0.05, 0) is 37.1 Å². The zero-order valence-electron chi connectivity index (χ0n) is 12.3. The summed E-state index contributed by atoms with van der Waals surface area (Å²) in [6.45, 7) is 1.88. The third-order valence-electron chi connectivity index (χ3n) is 3.79. The van der Waals surface area contributed by atoms with Gasteiger partial charge in [0.2, 0.25) is 5.91 Å². The molecule has 0 fully saturated rings. The molecule has 0 aliphatic carbocycles. The van der Waals surface area contributed by atoms with Crippen molar-refractivity contribution >= 4 is 17.4 Å². The van der Waals surface area contributed by atoms with Crippen LogP contribution >= 0.6 is 0 Å². The van der Waals surface area contributed by atoms with E-state index in [0.717, 1.165) is 11.3 Å². The zero-order chi connectivity index (χ0) is 15.5. The molecule has 0 aromatic heterocycles. The number of ether oxygens (including phenoxy) is 1. The van der Waals surface area contributed by atoms with Crippen LogP contribution < -0.4 is 10.1 Å². The summed E-state index contributed by atoms with van der Waals surface area (Å²) in [5.74, 6) is 0.516. The lowest BCUT2D eigenvalue weighted by Crippen LogP contribution is -2.32. The van der Waals surface area contributed by atoms with E-state index in [9.17, 15) is 9.59 Å². The van der Waals surface area contributed by atoms with E-state index in [4.69, 9.17) is 4.74 Å². The van der Waals surface area contributed by atoms with Crippen LogP contribution in [-0.2, 0) is 11.2 Å². The molecule has 1 N–H and O–H groups in total. The van der Waals surface area contributed by atoms with E-state index in [0.29, 0.717) is 24.3 Å². The van der Waals surface area contributed by atoms with Crippen LogP contribution in [0.25, 0.3) is 0 Å². The second kappa shape index (κ2) is 6.02. The highest BCUT2D eigenvalue weighted by Crippen LogP contribution is 2.27. The maximum atomic E-state index is 12.4. The Morgan fingerprint density at radius 1 is 1.14 bits per heavy atom. The van der Waals surface area contributed by atoms with E-state index >= 15 is 0 Å². The minimum Gasteiger partial charge on any atom is -0.492 e. The first-order valence-electron chi connectivity index (χ1n) is 7.26. The van der Waals surface area contributed by atoms with Crippen LogP contribution in [0.15, 0.2) is 48.5 Å².